The third kappa shape index (κ3) is 2.80. The number of amides is 1. The van der Waals surface area contributed by atoms with Crippen LogP contribution in [0.4, 0.5) is 10.6 Å². The number of fused-ring (bicyclic) bond motifs is 1. The van der Waals surface area contributed by atoms with E-state index in [0.29, 0.717) is 18.5 Å². The van der Waals surface area contributed by atoms with E-state index in [4.69, 9.17) is 4.74 Å². The van der Waals surface area contributed by atoms with Crippen LogP contribution in [-0.2, 0) is 18.8 Å². The molecule has 8 nitrogen and oxygen atoms in total. The normalized spacial score (nSPS) is 14.3. The standard InChI is InChI=1S/C20H25N5O3/c1-5-28-19(26)21-18-17(12(2)22-24(18)4)13-9-10-15-16(11-13)23(3)20(27)25(15)14-7-6-8-14/h9-11,14H,5-8H2,1-4H3,(H,21,26). The van der Waals surface area contributed by atoms with Gasteiger partial charge in [0.2, 0.25) is 0 Å². The summed E-state index contributed by atoms with van der Waals surface area (Å²) in [7, 11) is 3.58. The van der Waals surface area contributed by atoms with Gasteiger partial charge in [0, 0.05) is 25.7 Å². The van der Waals surface area contributed by atoms with Crippen molar-refractivity contribution in [3.05, 3.63) is 34.4 Å². The van der Waals surface area contributed by atoms with Crippen molar-refractivity contribution in [1.29, 1.82) is 0 Å². The quantitative estimate of drug-likeness (QED) is 0.749. The molecule has 1 aliphatic carbocycles. The van der Waals surface area contributed by atoms with Gasteiger partial charge in [0.15, 0.2) is 0 Å². The molecule has 0 atom stereocenters. The number of rotatable bonds is 4. The monoisotopic (exact) mass is 383 g/mol. The SMILES string of the molecule is CCOC(=O)Nc1c(-c2ccc3c(c2)n(C)c(=O)n3C2CCC2)c(C)nn1C. The Bertz CT molecular complexity index is 1120. The number of benzene rings is 1. The van der Waals surface area contributed by atoms with E-state index in [-0.39, 0.29) is 5.69 Å². The molecule has 0 bridgehead atoms. The Kier molecular flexibility index (Phi) is 4.49. The summed E-state index contributed by atoms with van der Waals surface area (Å²) in [6, 6.07) is 6.26. The second-order valence-electron chi connectivity index (χ2n) is 7.28. The highest BCUT2D eigenvalue weighted by molar-refractivity contribution is 5.93. The zero-order valence-electron chi connectivity index (χ0n) is 16.7. The maximum Gasteiger partial charge on any atom is 0.412 e. The molecule has 1 amide bonds. The fourth-order valence-electron chi connectivity index (χ4n) is 3.93. The van der Waals surface area contributed by atoms with Crippen LogP contribution in [0.2, 0.25) is 0 Å². The maximum atomic E-state index is 12.8. The Labute approximate surface area is 162 Å². The van der Waals surface area contributed by atoms with Crippen molar-refractivity contribution in [2.24, 2.45) is 14.1 Å². The van der Waals surface area contributed by atoms with Crippen molar-refractivity contribution < 1.29 is 9.53 Å². The molecule has 2 aromatic heterocycles. The number of hydrogen-bond acceptors (Lipinski definition) is 4. The topological polar surface area (TPSA) is 83.1 Å². The number of nitrogens with one attached hydrogen (secondary N) is 1. The predicted molar refractivity (Wildman–Crippen MR) is 108 cm³/mol. The Balaban J connectivity index is 1.83. The van der Waals surface area contributed by atoms with E-state index in [0.717, 1.165) is 40.7 Å². The highest BCUT2D eigenvalue weighted by Gasteiger charge is 2.25. The molecule has 1 saturated carbocycles. The summed E-state index contributed by atoms with van der Waals surface area (Å²) in [6.07, 6.45) is 2.76. The third-order valence-corrected chi connectivity index (χ3v) is 5.54. The van der Waals surface area contributed by atoms with Gasteiger partial charge in [0.05, 0.1) is 23.3 Å². The Morgan fingerprint density at radius 3 is 2.68 bits per heavy atom. The maximum absolute atomic E-state index is 12.8. The van der Waals surface area contributed by atoms with Gasteiger partial charge < -0.3 is 4.74 Å². The molecule has 0 saturated heterocycles. The van der Waals surface area contributed by atoms with E-state index >= 15 is 0 Å². The molecule has 148 valence electrons. The minimum Gasteiger partial charge on any atom is -0.450 e. The average Bonchev–Trinajstić information content (AvgIpc) is 3.02. The molecular weight excluding hydrogens is 358 g/mol. The lowest BCUT2D eigenvalue weighted by molar-refractivity contribution is 0.167. The van der Waals surface area contributed by atoms with E-state index in [1.54, 1.807) is 30.3 Å². The summed E-state index contributed by atoms with van der Waals surface area (Å²) >= 11 is 0. The number of anilines is 1. The van der Waals surface area contributed by atoms with Gasteiger partial charge in [-0.05, 0) is 50.8 Å². The lowest BCUT2D eigenvalue weighted by Gasteiger charge is -2.26. The minimum atomic E-state index is -0.517. The molecule has 0 spiro atoms. The summed E-state index contributed by atoms with van der Waals surface area (Å²) in [5, 5.41) is 7.23. The number of carbonyl (C=O) groups excluding carboxylic acids is 1. The Morgan fingerprint density at radius 1 is 1.29 bits per heavy atom. The van der Waals surface area contributed by atoms with Gasteiger partial charge in [0.25, 0.3) is 0 Å². The number of ether oxygens (including phenoxy) is 1. The number of aromatic nitrogens is 4. The van der Waals surface area contributed by atoms with Crippen LogP contribution >= 0.6 is 0 Å². The second-order valence-corrected chi connectivity index (χ2v) is 7.28. The predicted octanol–water partition coefficient (Wildman–Crippen LogP) is 3.34. The number of nitrogens with zero attached hydrogens (tertiary/aromatic N) is 4. The van der Waals surface area contributed by atoms with E-state index in [1.807, 2.05) is 29.7 Å². The van der Waals surface area contributed by atoms with Gasteiger partial charge in [-0.2, -0.15) is 5.10 Å². The van der Waals surface area contributed by atoms with Crippen LogP contribution in [0.5, 0.6) is 0 Å². The molecule has 1 aliphatic rings. The summed E-state index contributed by atoms with van der Waals surface area (Å²) in [4.78, 5) is 24.7. The largest absolute Gasteiger partial charge is 0.450 e. The van der Waals surface area contributed by atoms with Crippen LogP contribution in [0, 0.1) is 6.92 Å². The smallest absolute Gasteiger partial charge is 0.412 e. The highest BCUT2D eigenvalue weighted by Crippen LogP contribution is 2.36. The van der Waals surface area contributed by atoms with E-state index in [9.17, 15) is 9.59 Å². The molecule has 1 aromatic carbocycles. The van der Waals surface area contributed by atoms with Gasteiger partial charge in [-0.25, -0.2) is 9.59 Å². The molecule has 3 aromatic rings. The van der Waals surface area contributed by atoms with Crippen molar-refractivity contribution in [2.75, 3.05) is 11.9 Å². The molecule has 4 rings (SSSR count). The summed E-state index contributed by atoms with van der Waals surface area (Å²) < 4.78 is 10.3. The molecule has 1 fully saturated rings. The van der Waals surface area contributed by atoms with Gasteiger partial charge in [-0.1, -0.05) is 6.07 Å². The first-order valence-electron chi connectivity index (χ1n) is 9.61. The molecule has 0 aliphatic heterocycles. The van der Waals surface area contributed by atoms with Crippen molar-refractivity contribution in [2.45, 2.75) is 39.2 Å². The minimum absolute atomic E-state index is 0.0182. The van der Waals surface area contributed by atoms with Crippen LogP contribution in [0.25, 0.3) is 22.2 Å². The number of hydrogen-bond donors (Lipinski definition) is 1. The van der Waals surface area contributed by atoms with Crippen LogP contribution in [0.15, 0.2) is 23.0 Å². The molecule has 8 heteroatoms. The fraction of sp³-hybridized carbons (Fsp3) is 0.450. The first kappa shape index (κ1) is 18.3. The van der Waals surface area contributed by atoms with Gasteiger partial charge in [-0.3, -0.25) is 19.1 Å². The van der Waals surface area contributed by atoms with Crippen molar-refractivity contribution >= 4 is 22.9 Å². The van der Waals surface area contributed by atoms with Crippen LogP contribution in [0.3, 0.4) is 0 Å². The van der Waals surface area contributed by atoms with Crippen LogP contribution in [-0.4, -0.2) is 31.6 Å². The van der Waals surface area contributed by atoms with E-state index in [2.05, 4.69) is 10.4 Å². The Morgan fingerprint density at radius 2 is 2.04 bits per heavy atom. The van der Waals surface area contributed by atoms with Crippen molar-refractivity contribution in [3.63, 3.8) is 0 Å². The number of imidazole rings is 1. The third-order valence-electron chi connectivity index (χ3n) is 5.54. The summed E-state index contributed by atoms with van der Waals surface area (Å²) in [6.45, 7) is 3.95. The molecule has 1 N–H and O–H groups in total. The summed E-state index contributed by atoms with van der Waals surface area (Å²) in [5.41, 5.74) is 4.34. The van der Waals surface area contributed by atoms with Crippen LogP contribution in [0.1, 0.15) is 37.9 Å². The summed E-state index contributed by atoms with van der Waals surface area (Å²) in [5.74, 6) is 0.568. The zero-order valence-corrected chi connectivity index (χ0v) is 16.7. The van der Waals surface area contributed by atoms with E-state index < -0.39 is 6.09 Å². The zero-order chi connectivity index (χ0) is 20.0. The van der Waals surface area contributed by atoms with Gasteiger partial charge in [0.1, 0.15) is 5.82 Å². The van der Waals surface area contributed by atoms with E-state index in [1.165, 1.54) is 6.42 Å². The Hall–Kier alpha value is -3.03. The molecule has 2 heterocycles. The molecule has 0 unspecified atom stereocenters. The molecule has 0 radical (unpaired) electrons. The fourth-order valence-corrected chi connectivity index (χ4v) is 3.93. The first-order valence-corrected chi connectivity index (χ1v) is 9.61. The van der Waals surface area contributed by atoms with Crippen molar-refractivity contribution in [1.82, 2.24) is 18.9 Å². The first-order chi connectivity index (χ1) is 13.4. The second kappa shape index (κ2) is 6.85. The average molecular weight is 383 g/mol. The number of aryl methyl sites for hydroxylation is 3. The highest BCUT2D eigenvalue weighted by atomic mass is 16.5. The molecule has 28 heavy (non-hydrogen) atoms. The van der Waals surface area contributed by atoms with Gasteiger partial charge in [-0.15, -0.1) is 0 Å². The van der Waals surface area contributed by atoms with Gasteiger partial charge >= 0.3 is 11.8 Å². The van der Waals surface area contributed by atoms with Crippen molar-refractivity contribution in [3.8, 4) is 11.1 Å². The van der Waals surface area contributed by atoms with Crippen LogP contribution < -0.4 is 11.0 Å². The molecular formula is C20H25N5O3. The number of carbonyl (C=O) groups is 1. The lowest BCUT2D eigenvalue weighted by Crippen LogP contribution is -2.29. The lowest BCUT2D eigenvalue weighted by atomic mass is 9.93.